The van der Waals surface area contributed by atoms with E-state index in [-0.39, 0.29) is 22.9 Å². The van der Waals surface area contributed by atoms with Crippen molar-refractivity contribution in [1.29, 1.82) is 0 Å². The van der Waals surface area contributed by atoms with E-state index in [9.17, 15) is 9.18 Å². The Morgan fingerprint density at radius 1 is 1.10 bits per heavy atom. The Hall–Kier alpha value is -3.29. The van der Waals surface area contributed by atoms with Crippen LogP contribution in [0.15, 0.2) is 41.1 Å². The van der Waals surface area contributed by atoms with Crippen LogP contribution < -0.4 is 4.90 Å². The third-order valence-electron chi connectivity index (χ3n) is 5.92. The Kier molecular flexibility index (Phi) is 4.49. The van der Waals surface area contributed by atoms with Crippen molar-refractivity contribution in [3.8, 4) is 11.5 Å². The molecule has 2 aliphatic rings. The number of carbonyl (C=O) groups is 1. The van der Waals surface area contributed by atoms with Crippen LogP contribution in [-0.2, 0) is 0 Å². The summed E-state index contributed by atoms with van der Waals surface area (Å²) >= 11 is 0. The zero-order valence-electron chi connectivity index (χ0n) is 16.9. The number of halogens is 1. The molecule has 0 saturated carbocycles. The van der Waals surface area contributed by atoms with E-state index in [1.165, 1.54) is 18.5 Å². The van der Waals surface area contributed by atoms with Crippen LogP contribution >= 0.6 is 0 Å². The number of nitrogens with zero attached hydrogens (tertiary/aromatic N) is 5. The number of rotatable bonds is 3. The second kappa shape index (κ2) is 7.19. The quantitative estimate of drug-likeness (QED) is 0.664. The SMILES string of the molecule is Cc1cc(C)nc(N2CC3CN(C(=O)c4cccc(F)c4-c4ncco4)CC3C2)n1. The van der Waals surface area contributed by atoms with Gasteiger partial charge in [0.15, 0.2) is 0 Å². The highest BCUT2D eigenvalue weighted by Gasteiger charge is 2.43. The molecule has 2 saturated heterocycles. The number of aromatic nitrogens is 3. The van der Waals surface area contributed by atoms with Gasteiger partial charge < -0.3 is 14.2 Å². The van der Waals surface area contributed by atoms with Gasteiger partial charge in [-0.15, -0.1) is 0 Å². The maximum atomic E-state index is 14.5. The van der Waals surface area contributed by atoms with E-state index in [1.54, 1.807) is 12.1 Å². The number of likely N-dealkylation sites (tertiary alicyclic amines) is 1. The minimum absolute atomic E-state index is 0.119. The van der Waals surface area contributed by atoms with Crippen LogP contribution in [0.4, 0.5) is 10.3 Å². The normalized spacial score (nSPS) is 20.6. The molecule has 2 fully saturated rings. The molecule has 2 unspecified atom stereocenters. The van der Waals surface area contributed by atoms with E-state index in [0.717, 1.165) is 30.4 Å². The second-order valence-electron chi connectivity index (χ2n) is 8.09. The van der Waals surface area contributed by atoms with Crippen LogP contribution in [0.2, 0.25) is 0 Å². The maximum absolute atomic E-state index is 14.5. The Labute approximate surface area is 173 Å². The molecule has 1 amide bonds. The average molecular weight is 407 g/mol. The maximum Gasteiger partial charge on any atom is 0.254 e. The molecule has 0 spiro atoms. The molecule has 0 radical (unpaired) electrons. The Balaban J connectivity index is 1.34. The van der Waals surface area contributed by atoms with Gasteiger partial charge in [-0.1, -0.05) is 6.07 Å². The molecule has 2 atom stereocenters. The summed E-state index contributed by atoms with van der Waals surface area (Å²) in [5.74, 6) is 0.867. The number of aryl methyl sites for hydroxylation is 2. The van der Waals surface area contributed by atoms with E-state index < -0.39 is 5.82 Å². The van der Waals surface area contributed by atoms with Crippen molar-refractivity contribution in [3.05, 3.63) is 59.5 Å². The van der Waals surface area contributed by atoms with Gasteiger partial charge in [-0.2, -0.15) is 0 Å². The second-order valence-corrected chi connectivity index (χ2v) is 8.09. The summed E-state index contributed by atoms with van der Waals surface area (Å²) in [6.07, 6.45) is 2.82. The molecule has 0 aliphatic carbocycles. The first-order valence-electron chi connectivity index (χ1n) is 10.0. The highest BCUT2D eigenvalue weighted by atomic mass is 19.1. The van der Waals surface area contributed by atoms with Gasteiger partial charge in [-0.05, 0) is 32.0 Å². The molecule has 154 valence electrons. The van der Waals surface area contributed by atoms with Gasteiger partial charge in [0.05, 0.1) is 17.3 Å². The zero-order chi connectivity index (χ0) is 20.8. The van der Waals surface area contributed by atoms with Gasteiger partial charge in [0.1, 0.15) is 12.1 Å². The first kappa shape index (κ1) is 18.7. The fraction of sp³-hybridized carbons (Fsp3) is 0.364. The van der Waals surface area contributed by atoms with Crippen molar-refractivity contribution in [1.82, 2.24) is 19.9 Å². The summed E-state index contributed by atoms with van der Waals surface area (Å²) in [4.78, 5) is 30.4. The summed E-state index contributed by atoms with van der Waals surface area (Å²) in [5, 5.41) is 0. The van der Waals surface area contributed by atoms with E-state index in [2.05, 4.69) is 19.9 Å². The van der Waals surface area contributed by atoms with E-state index >= 15 is 0 Å². The smallest absolute Gasteiger partial charge is 0.254 e. The van der Waals surface area contributed by atoms with Gasteiger partial charge in [0, 0.05) is 49.4 Å². The Bertz CT molecular complexity index is 1070. The zero-order valence-corrected chi connectivity index (χ0v) is 16.9. The van der Waals surface area contributed by atoms with E-state index in [1.807, 2.05) is 24.8 Å². The molecule has 5 rings (SSSR count). The number of anilines is 1. The Morgan fingerprint density at radius 3 is 2.43 bits per heavy atom. The van der Waals surface area contributed by atoms with Gasteiger partial charge in [-0.25, -0.2) is 19.3 Å². The summed E-state index contributed by atoms with van der Waals surface area (Å²) in [6.45, 7) is 6.83. The number of fused-ring (bicyclic) bond motifs is 1. The summed E-state index contributed by atoms with van der Waals surface area (Å²) in [6, 6.07) is 6.46. The lowest BCUT2D eigenvalue weighted by Gasteiger charge is -2.23. The third kappa shape index (κ3) is 3.22. The summed E-state index contributed by atoms with van der Waals surface area (Å²) in [5.41, 5.74) is 2.31. The van der Waals surface area contributed by atoms with Crippen LogP contribution in [0.5, 0.6) is 0 Å². The minimum Gasteiger partial charge on any atom is -0.444 e. The van der Waals surface area contributed by atoms with Crippen molar-refractivity contribution in [3.63, 3.8) is 0 Å². The van der Waals surface area contributed by atoms with Crippen molar-refractivity contribution in [2.75, 3.05) is 31.1 Å². The van der Waals surface area contributed by atoms with Crippen LogP contribution in [0.3, 0.4) is 0 Å². The molecule has 4 heterocycles. The fourth-order valence-electron chi connectivity index (χ4n) is 4.61. The monoisotopic (exact) mass is 407 g/mol. The van der Waals surface area contributed by atoms with Gasteiger partial charge in [0.25, 0.3) is 5.91 Å². The molecule has 0 N–H and O–H groups in total. The topological polar surface area (TPSA) is 75.4 Å². The fourth-order valence-corrected chi connectivity index (χ4v) is 4.61. The molecule has 30 heavy (non-hydrogen) atoms. The van der Waals surface area contributed by atoms with Crippen LogP contribution in [0.25, 0.3) is 11.5 Å². The third-order valence-corrected chi connectivity index (χ3v) is 5.92. The van der Waals surface area contributed by atoms with E-state index in [4.69, 9.17) is 4.42 Å². The highest BCUT2D eigenvalue weighted by molar-refractivity contribution is 6.00. The van der Waals surface area contributed by atoms with Crippen LogP contribution in [-0.4, -0.2) is 51.9 Å². The largest absolute Gasteiger partial charge is 0.444 e. The number of amides is 1. The minimum atomic E-state index is -0.513. The highest BCUT2D eigenvalue weighted by Crippen LogP contribution is 2.35. The first-order valence-corrected chi connectivity index (χ1v) is 10.0. The molecule has 2 aromatic heterocycles. The molecule has 0 bridgehead atoms. The van der Waals surface area contributed by atoms with Gasteiger partial charge in [-0.3, -0.25) is 4.79 Å². The average Bonchev–Trinajstić information content (AvgIpc) is 3.42. The Morgan fingerprint density at radius 2 is 1.80 bits per heavy atom. The summed E-state index contributed by atoms with van der Waals surface area (Å²) in [7, 11) is 0. The lowest BCUT2D eigenvalue weighted by Crippen LogP contribution is -2.34. The molecule has 8 heteroatoms. The van der Waals surface area contributed by atoms with Crippen molar-refractivity contribution in [2.24, 2.45) is 11.8 Å². The number of benzene rings is 1. The van der Waals surface area contributed by atoms with Gasteiger partial charge >= 0.3 is 0 Å². The predicted molar refractivity (Wildman–Crippen MR) is 108 cm³/mol. The number of hydrogen-bond acceptors (Lipinski definition) is 6. The molecule has 2 aliphatic heterocycles. The lowest BCUT2D eigenvalue weighted by molar-refractivity contribution is 0.0782. The van der Waals surface area contributed by atoms with Gasteiger partial charge in [0.2, 0.25) is 11.8 Å². The number of carbonyl (C=O) groups excluding carboxylic acids is 1. The standard InChI is InChI=1S/C22H22FN5O2/c1-13-8-14(2)26-22(25-13)28-11-15-9-27(10-16(15)12-28)21(29)17-4-3-5-18(23)19(17)20-24-6-7-30-20/h3-8,15-16H,9-12H2,1-2H3. The van der Waals surface area contributed by atoms with Crippen LogP contribution in [0, 0.1) is 31.5 Å². The number of hydrogen-bond donors (Lipinski definition) is 0. The molecular formula is C22H22FN5O2. The molecule has 7 nitrogen and oxygen atoms in total. The van der Waals surface area contributed by atoms with Crippen molar-refractivity contribution >= 4 is 11.9 Å². The van der Waals surface area contributed by atoms with Crippen LogP contribution in [0.1, 0.15) is 21.7 Å². The molecule has 1 aromatic carbocycles. The van der Waals surface area contributed by atoms with Crippen molar-refractivity contribution in [2.45, 2.75) is 13.8 Å². The molecular weight excluding hydrogens is 385 g/mol. The predicted octanol–water partition coefficient (Wildman–Crippen LogP) is 3.10. The first-order chi connectivity index (χ1) is 14.5. The van der Waals surface area contributed by atoms with E-state index in [0.29, 0.717) is 24.9 Å². The molecule has 3 aromatic rings. The number of oxazole rings is 1. The lowest BCUT2D eigenvalue weighted by atomic mass is 10.0. The summed E-state index contributed by atoms with van der Waals surface area (Å²) < 4.78 is 19.8. The van der Waals surface area contributed by atoms with Crippen molar-refractivity contribution < 1.29 is 13.6 Å².